The van der Waals surface area contributed by atoms with Gasteiger partial charge in [0.2, 0.25) is 0 Å². The van der Waals surface area contributed by atoms with Crippen molar-refractivity contribution in [2.45, 2.75) is 19.0 Å². The van der Waals surface area contributed by atoms with Crippen molar-refractivity contribution >= 4 is 23.3 Å². The van der Waals surface area contributed by atoms with Gasteiger partial charge < -0.3 is 15.7 Å². The van der Waals surface area contributed by atoms with Gasteiger partial charge in [-0.05, 0) is 47.2 Å². The van der Waals surface area contributed by atoms with Crippen LogP contribution < -0.4 is 10.6 Å². The molecule has 146 valence electrons. The number of halogens is 2. The summed E-state index contributed by atoms with van der Waals surface area (Å²) in [4.78, 5) is 13.7. The maximum Gasteiger partial charge on any atom is 0.319 e. The third-order valence-electron chi connectivity index (χ3n) is 3.84. The predicted molar refractivity (Wildman–Crippen MR) is 101 cm³/mol. The average molecular weight is 405 g/mol. The molecule has 0 aliphatic rings. The maximum absolute atomic E-state index is 13.0. The number of tetrazole rings is 1. The smallest absolute Gasteiger partial charge is 0.319 e. The summed E-state index contributed by atoms with van der Waals surface area (Å²) in [7, 11) is 0. The van der Waals surface area contributed by atoms with Crippen LogP contribution in [-0.2, 0) is 13.0 Å². The van der Waals surface area contributed by atoms with E-state index in [9.17, 15) is 9.18 Å². The zero-order valence-corrected chi connectivity index (χ0v) is 15.5. The van der Waals surface area contributed by atoms with Crippen LogP contribution in [0.15, 0.2) is 48.5 Å². The van der Waals surface area contributed by atoms with Crippen molar-refractivity contribution in [3.8, 4) is 0 Å². The lowest BCUT2D eigenvalue weighted by atomic mass is 10.1. The summed E-state index contributed by atoms with van der Waals surface area (Å²) < 4.78 is 13.0. The van der Waals surface area contributed by atoms with E-state index in [1.165, 1.54) is 29.1 Å². The van der Waals surface area contributed by atoms with Gasteiger partial charge in [0, 0.05) is 17.1 Å². The van der Waals surface area contributed by atoms with Gasteiger partial charge >= 0.3 is 6.03 Å². The number of hydrogen-bond donors (Lipinski definition) is 3. The quantitative estimate of drug-likeness (QED) is 0.561. The third-order valence-corrected chi connectivity index (χ3v) is 4.09. The summed E-state index contributed by atoms with van der Waals surface area (Å²) in [5.74, 6) is -0.0890. The topological polar surface area (TPSA) is 105 Å². The minimum atomic E-state index is -0.575. The number of aliphatic hydroxyl groups excluding tert-OH is 1. The summed E-state index contributed by atoms with van der Waals surface area (Å²) in [5, 5.41) is 27.1. The summed E-state index contributed by atoms with van der Waals surface area (Å²) >= 11 is 5.92. The van der Waals surface area contributed by atoms with Gasteiger partial charge in [0.25, 0.3) is 0 Å². The minimum Gasteiger partial charge on any atom is -0.394 e. The Morgan fingerprint density at radius 1 is 1.18 bits per heavy atom. The first kappa shape index (κ1) is 19.7. The molecule has 1 aromatic heterocycles. The molecular formula is C18H18ClFN6O2. The highest BCUT2D eigenvalue weighted by Crippen LogP contribution is 2.18. The molecule has 10 heteroatoms. The van der Waals surface area contributed by atoms with Crippen molar-refractivity contribution in [3.05, 3.63) is 70.8 Å². The van der Waals surface area contributed by atoms with Crippen LogP contribution in [0.2, 0.25) is 5.02 Å². The highest BCUT2D eigenvalue weighted by atomic mass is 35.5. The number of carbonyl (C=O) groups excluding carboxylic acids is 1. The Morgan fingerprint density at radius 3 is 2.57 bits per heavy atom. The molecule has 0 fully saturated rings. The number of amides is 2. The first-order valence-corrected chi connectivity index (χ1v) is 8.87. The number of urea groups is 1. The van der Waals surface area contributed by atoms with Crippen molar-refractivity contribution in [3.63, 3.8) is 0 Å². The standard InChI is InChI=1S/C18H18ClFN6O2/c19-13-3-1-12(2-4-13)11-16(17-23-25-26(24-17)9-10-27)22-18(28)21-15-7-5-14(20)6-8-15/h1-8,16,27H,9-11H2,(H2,21,22,28). The molecule has 1 unspecified atom stereocenters. The Balaban J connectivity index is 1.75. The molecule has 3 aromatic rings. The number of carbonyl (C=O) groups is 1. The van der Waals surface area contributed by atoms with E-state index in [0.29, 0.717) is 23.0 Å². The summed E-state index contributed by atoms with van der Waals surface area (Å²) in [6, 6.07) is 11.5. The van der Waals surface area contributed by atoms with Gasteiger partial charge in [0.1, 0.15) is 5.82 Å². The monoisotopic (exact) mass is 404 g/mol. The van der Waals surface area contributed by atoms with Crippen molar-refractivity contribution in [1.29, 1.82) is 0 Å². The lowest BCUT2D eigenvalue weighted by molar-refractivity contribution is 0.247. The first-order chi connectivity index (χ1) is 13.5. The minimum absolute atomic E-state index is 0.129. The van der Waals surface area contributed by atoms with E-state index in [0.717, 1.165) is 5.56 Å². The van der Waals surface area contributed by atoms with Crippen LogP contribution in [0.5, 0.6) is 0 Å². The summed E-state index contributed by atoms with van der Waals surface area (Å²) in [5.41, 5.74) is 1.36. The fourth-order valence-corrected chi connectivity index (χ4v) is 2.63. The Morgan fingerprint density at radius 2 is 1.89 bits per heavy atom. The molecule has 2 aromatic carbocycles. The Labute approximate surface area is 165 Å². The highest BCUT2D eigenvalue weighted by Gasteiger charge is 2.20. The first-order valence-electron chi connectivity index (χ1n) is 8.49. The van der Waals surface area contributed by atoms with Gasteiger partial charge in [0.15, 0.2) is 5.82 Å². The van der Waals surface area contributed by atoms with Crippen molar-refractivity contribution in [2.75, 3.05) is 11.9 Å². The molecule has 8 nitrogen and oxygen atoms in total. The molecule has 3 N–H and O–H groups in total. The van der Waals surface area contributed by atoms with Crippen LogP contribution in [0.3, 0.4) is 0 Å². The molecule has 1 atom stereocenters. The molecule has 0 aliphatic heterocycles. The molecule has 0 spiro atoms. The zero-order valence-electron chi connectivity index (χ0n) is 14.7. The number of aromatic nitrogens is 4. The fraction of sp³-hybridized carbons (Fsp3) is 0.222. The third kappa shape index (κ3) is 5.48. The normalized spacial score (nSPS) is 11.8. The summed E-state index contributed by atoms with van der Waals surface area (Å²) in [6.45, 7) is 0.0680. The highest BCUT2D eigenvalue weighted by molar-refractivity contribution is 6.30. The van der Waals surface area contributed by atoms with E-state index in [2.05, 4.69) is 26.0 Å². The number of benzene rings is 2. The number of rotatable bonds is 7. The van der Waals surface area contributed by atoms with Gasteiger partial charge in [-0.3, -0.25) is 0 Å². The molecular weight excluding hydrogens is 387 g/mol. The molecule has 0 bridgehead atoms. The second kappa shape index (κ2) is 9.25. The number of hydrogen-bond acceptors (Lipinski definition) is 5. The number of nitrogens with one attached hydrogen (secondary N) is 2. The van der Waals surface area contributed by atoms with E-state index < -0.39 is 17.9 Å². The maximum atomic E-state index is 13.0. The molecule has 3 rings (SSSR count). The Bertz CT molecular complexity index is 917. The molecule has 0 saturated heterocycles. The second-order valence-electron chi connectivity index (χ2n) is 5.96. The van der Waals surface area contributed by atoms with E-state index in [1.807, 2.05) is 12.1 Å². The van der Waals surface area contributed by atoms with Gasteiger partial charge in [0.05, 0.1) is 19.2 Å². The van der Waals surface area contributed by atoms with Gasteiger partial charge in [-0.15, -0.1) is 10.2 Å². The van der Waals surface area contributed by atoms with Crippen molar-refractivity contribution < 1.29 is 14.3 Å². The molecule has 2 amide bonds. The summed E-state index contributed by atoms with van der Waals surface area (Å²) in [6.07, 6.45) is 0.402. The van der Waals surface area contributed by atoms with Gasteiger partial charge in [-0.2, -0.15) is 4.80 Å². The molecule has 1 heterocycles. The van der Waals surface area contributed by atoms with Gasteiger partial charge in [-0.25, -0.2) is 9.18 Å². The number of nitrogens with zero attached hydrogens (tertiary/aromatic N) is 4. The molecule has 0 aliphatic carbocycles. The van der Waals surface area contributed by atoms with Gasteiger partial charge in [-0.1, -0.05) is 23.7 Å². The number of aliphatic hydroxyl groups is 1. The van der Waals surface area contributed by atoms with E-state index in [4.69, 9.17) is 16.7 Å². The van der Waals surface area contributed by atoms with E-state index in [-0.39, 0.29) is 13.2 Å². The number of anilines is 1. The average Bonchev–Trinajstić information content (AvgIpc) is 3.14. The van der Waals surface area contributed by atoms with Crippen LogP contribution in [0.25, 0.3) is 0 Å². The SMILES string of the molecule is O=C(Nc1ccc(F)cc1)NC(Cc1ccc(Cl)cc1)c1nnn(CCO)n1. The van der Waals surface area contributed by atoms with Crippen molar-refractivity contribution in [1.82, 2.24) is 25.5 Å². The van der Waals surface area contributed by atoms with E-state index in [1.54, 1.807) is 12.1 Å². The van der Waals surface area contributed by atoms with Crippen LogP contribution >= 0.6 is 11.6 Å². The van der Waals surface area contributed by atoms with E-state index >= 15 is 0 Å². The predicted octanol–water partition coefficient (Wildman–Crippen LogP) is 2.56. The van der Waals surface area contributed by atoms with Crippen molar-refractivity contribution in [2.24, 2.45) is 0 Å². The van der Waals surface area contributed by atoms with Crippen LogP contribution in [0, 0.1) is 5.82 Å². The lowest BCUT2D eigenvalue weighted by Gasteiger charge is -2.16. The fourth-order valence-electron chi connectivity index (χ4n) is 2.50. The second-order valence-corrected chi connectivity index (χ2v) is 6.39. The van der Waals surface area contributed by atoms with Crippen LogP contribution in [0.4, 0.5) is 14.9 Å². The lowest BCUT2D eigenvalue weighted by Crippen LogP contribution is -2.34. The van der Waals surface area contributed by atoms with Crippen LogP contribution in [0.1, 0.15) is 17.4 Å². The largest absolute Gasteiger partial charge is 0.394 e. The zero-order chi connectivity index (χ0) is 19.9. The molecule has 0 radical (unpaired) electrons. The van der Waals surface area contributed by atoms with Crippen LogP contribution in [-0.4, -0.2) is 38.0 Å². The molecule has 0 saturated carbocycles. The Kier molecular flexibility index (Phi) is 6.51. The Hall–Kier alpha value is -3.04. The molecule has 28 heavy (non-hydrogen) atoms.